The van der Waals surface area contributed by atoms with Crippen LogP contribution in [-0.2, 0) is 16.1 Å². The van der Waals surface area contributed by atoms with Gasteiger partial charge in [0.15, 0.2) is 0 Å². The van der Waals surface area contributed by atoms with E-state index < -0.39 is 5.97 Å². The van der Waals surface area contributed by atoms with Crippen molar-refractivity contribution in [3.63, 3.8) is 0 Å². The molecule has 26 heavy (non-hydrogen) atoms. The summed E-state index contributed by atoms with van der Waals surface area (Å²) in [6, 6.07) is 15.4. The molecule has 0 aromatic heterocycles. The van der Waals surface area contributed by atoms with Crippen molar-refractivity contribution in [2.75, 3.05) is 26.2 Å². The Balaban J connectivity index is 1.61. The summed E-state index contributed by atoms with van der Waals surface area (Å²) in [7, 11) is 0. The number of nitrogens with zero attached hydrogens (tertiary/aromatic N) is 1. The molecule has 1 fully saturated rings. The molecule has 1 unspecified atom stereocenters. The van der Waals surface area contributed by atoms with E-state index in [0.717, 1.165) is 23.4 Å². The maximum Gasteiger partial charge on any atom is 0.304 e. The standard InChI is InChI=1S/C20H22ClNO4/c21-18-7-2-1-4-16(18)14-26-17-6-3-5-15(12-17)19-13-22(10-11-25-19)9-8-20(23)24/h1-7,12,19H,8-11,13-14H2,(H,23,24). The normalized spacial score (nSPS) is 17.8. The zero-order valence-corrected chi connectivity index (χ0v) is 15.2. The summed E-state index contributed by atoms with van der Waals surface area (Å²) >= 11 is 6.16. The van der Waals surface area contributed by atoms with Crippen molar-refractivity contribution in [3.05, 3.63) is 64.7 Å². The SMILES string of the molecule is O=C(O)CCN1CCOC(c2cccc(OCc3ccccc3Cl)c2)C1. The van der Waals surface area contributed by atoms with Crippen molar-refractivity contribution < 1.29 is 19.4 Å². The van der Waals surface area contributed by atoms with Crippen LogP contribution < -0.4 is 4.74 Å². The fraction of sp³-hybridized carbons (Fsp3) is 0.350. The van der Waals surface area contributed by atoms with Crippen LogP contribution in [0.15, 0.2) is 48.5 Å². The number of carboxylic acid groups (broad SMARTS) is 1. The van der Waals surface area contributed by atoms with E-state index in [1.807, 2.05) is 48.5 Å². The Hall–Kier alpha value is -2.08. The molecule has 0 amide bonds. The highest BCUT2D eigenvalue weighted by Crippen LogP contribution is 2.26. The number of hydrogen-bond donors (Lipinski definition) is 1. The number of carboxylic acids is 1. The zero-order chi connectivity index (χ0) is 18.4. The molecule has 6 heteroatoms. The number of aliphatic carboxylic acids is 1. The molecule has 3 rings (SSSR count). The fourth-order valence-electron chi connectivity index (χ4n) is 2.94. The molecule has 1 N–H and O–H groups in total. The lowest BCUT2D eigenvalue weighted by atomic mass is 10.1. The number of morpholine rings is 1. The van der Waals surface area contributed by atoms with Gasteiger partial charge in [-0.2, -0.15) is 0 Å². The summed E-state index contributed by atoms with van der Waals surface area (Å²) in [5.74, 6) is -0.0170. The molecule has 0 bridgehead atoms. The number of rotatable bonds is 7. The zero-order valence-electron chi connectivity index (χ0n) is 14.4. The molecule has 5 nitrogen and oxygen atoms in total. The highest BCUT2D eigenvalue weighted by atomic mass is 35.5. The second-order valence-corrected chi connectivity index (χ2v) is 6.66. The van der Waals surface area contributed by atoms with Crippen molar-refractivity contribution in [2.24, 2.45) is 0 Å². The van der Waals surface area contributed by atoms with Crippen LogP contribution in [-0.4, -0.2) is 42.2 Å². The van der Waals surface area contributed by atoms with E-state index in [-0.39, 0.29) is 12.5 Å². The largest absolute Gasteiger partial charge is 0.489 e. The lowest BCUT2D eigenvalue weighted by Crippen LogP contribution is -2.39. The summed E-state index contributed by atoms with van der Waals surface area (Å²) in [5.41, 5.74) is 1.97. The Morgan fingerprint density at radius 3 is 2.92 bits per heavy atom. The van der Waals surface area contributed by atoms with Gasteiger partial charge < -0.3 is 14.6 Å². The van der Waals surface area contributed by atoms with Gasteiger partial charge in [-0.25, -0.2) is 0 Å². The first kappa shape index (κ1) is 18.7. The van der Waals surface area contributed by atoms with Crippen LogP contribution in [0.2, 0.25) is 5.02 Å². The molecular weight excluding hydrogens is 354 g/mol. The Morgan fingerprint density at radius 2 is 2.12 bits per heavy atom. The third kappa shape index (κ3) is 5.21. The van der Waals surface area contributed by atoms with Gasteiger partial charge in [0, 0.05) is 30.2 Å². The first-order chi connectivity index (χ1) is 12.6. The molecule has 2 aromatic rings. The van der Waals surface area contributed by atoms with Crippen molar-refractivity contribution in [2.45, 2.75) is 19.1 Å². The molecule has 1 atom stereocenters. The molecule has 1 aliphatic heterocycles. The summed E-state index contributed by atoms with van der Waals surface area (Å²) in [5, 5.41) is 9.54. The van der Waals surface area contributed by atoms with E-state index in [1.54, 1.807) is 0 Å². The predicted molar refractivity (Wildman–Crippen MR) is 99.6 cm³/mol. The Bertz CT molecular complexity index is 752. The smallest absolute Gasteiger partial charge is 0.304 e. The predicted octanol–water partition coefficient (Wildman–Crippen LogP) is 3.77. The highest BCUT2D eigenvalue weighted by Gasteiger charge is 2.22. The van der Waals surface area contributed by atoms with Gasteiger partial charge in [0.1, 0.15) is 12.4 Å². The average molecular weight is 376 g/mol. The number of benzene rings is 2. The molecule has 0 aliphatic carbocycles. The average Bonchev–Trinajstić information content (AvgIpc) is 2.66. The molecule has 0 radical (unpaired) electrons. The number of ether oxygens (including phenoxy) is 2. The van der Waals surface area contributed by atoms with E-state index in [0.29, 0.717) is 31.3 Å². The van der Waals surface area contributed by atoms with Crippen LogP contribution in [0.4, 0.5) is 0 Å². The maximum atomic E-state index is 10.8. The van der Waals surface area contributed by atoms with E-state index in [1.165, 1.54) is 0 Å². The van der Waals surface area contributed by atoms with Crippen LogP contribution in [0.5, 0.6) is 5.75 Å². The number of halogens is 1. The highest BCUT2D eigenvalue weighted by molar-refractivity contribution is 6.31. The topological polar surface area (TPSA) is 59.0 Å². The monoisotopic (exact) mass is 375 g/mol. The van der Waals surface area contributed by atoms with Gasteiger partial charge in [-0.15, -0.1) is 0 Å². The van der Waals surface area contributed by atoms with Crippen LogP contribution >= 0.6 is 11.6 Å². The van der Waals surface area contributed by atoms with Gasteiger partial charge in [0.25, 0.3) is 0 Å². The van der Waals surface area contributed by atoms with Crippen LogP contribution in [0, 0.1) is 0 Å². The van der Waals surface area contributed by atoms with Gasteiger partial charge in [-0.3, -0.25) is 9.69 Å². The quantitative estimate of drug-likeness (QED) is 0.798. The van der Waals surface area contributed by atoms with Crippen LogP contribution in [0.25, 0.3) is 0 Å². The summed E-state index contributed by atoms with van der Waals surface area (Å²) in [6.45, 7) is 2.97. The van der Waals surface area contributed by atoms with E-state index in [2.05, 4.69) is 4.90 Å². The number of hydrogen-bond acceptors (Lipinski definition) is 4. The van der Waals surface area contributed by atoms with E-state index >= 15 is 0 Å². The Labute approximate surface area is 158 Å². The fourth-order valence-corrected chi connectivity index (χ4v) is 3.13. The minimum Gasteiger partial charge on any atom is -0.489 e. The van der Waals surface area contributed by atoms with Crippen molar-refractivity contribution in [1.82, 2.24) is 4.90 Å². The molecule has 2 aromatic carbocycles. The van der Waals surface area contributed by atoms with E-state index in [9.17, 15) is 4.79 Å². The van der Waals surface area contributed by atoms with Gasteiger partial charge in [-0.1, -0.05) is 41.9 Å². The second kappa shape index (κ2) is 9.03. The molecule has 0 saturated carbocycles. The lowest BCUT2D eigenvalue weighted by molar-refractivity contribution is -0.137. The molecule has 1 heterocycles. The van der Waals surface area contributed by atoms with Gasteiger partial charge >= 0.3 is 5.97 Å². The third-order valence-electron chi connectivity index (χ3n) is 4.37. The van der Waals surface area contributed by atoms with Crippen molar-refractivity contribution >= 4 is 17.6 Å². The minimum atomic E-state index is -0.775. The van der Waals surface area contributed by atoms with Crippen molar-refractivity contribution in [1.29, 1.82) is 0 Å². The first-order valence-corrected chi connectivity index (χ1v) is 9.01. The van der Waals surface area contributed by atoms with Crippen LogP contribution in [0.1, 0.15) is 23.7 Å². The molecule has 0 spiro atoms. The Morgan fingerprint density at radius 1 is 1.27 bits per heavy atom. The van der Waals surface area contributed by atoms with Crippen LogP contribution in [0.3, 0.4) is 0 Å². The second-order valence-electron chi connectivity index (χ2n) is 6.26. The van der Waals surface area contributed by atoms with Crippen molar-refractivity contribution in [3.8, 4) is 5.75 Å². The number of carbonyl (C=O) groups is 1. The van der Waals surface area contributed by atoms with Gasteiger partial charge in [0.05, 0.1) is 19.1 Å². The summed E-state index contributed by atoms with van der Waals surface area (Å²) in [6.07, 6.45) is 0.0645. The Kier molecular flexibility index (Phi) is 6.50. The third-order valence-corrected chi connectivity index (χ3v) is 4.74. The maximum absolute atomic E-state index is 10.8. The van der Waals surface area contributed by atoms with Gasteiger partial charge in [-0.05, 0) is 23.8 Å². The van der Waals surface area contributed by atoms with Gasteiger partial charge in [0.2, 0.25) is 0 Å². The molecule has 138 valence electrons. The molecular formula is C20H22ClNO4. The summed E-state index contributed by atoms with van der Waals surface area (Å²) in [4.78, 5) is 12.9. The first-order valence-electron chi connectivity index (χ1n) is 8.64. The van der Waals surface area contributed by atoms with E-state index in [4.69, 9.17) is 26.2 Å². The molecule has 1 aliphatic rings. The minimum absolute atomic E-state index is 0.0820. The summed E-state index contributed by atoms with van der Waals surface area (Å²) < 4.78 is 11.8. The molecule has 1 saturated heterocycles. The lowest BCUT2D eigenvalue weighted by Gasteiger charge is -2.32.